The molecule has 0 saturated heterocycles. The zero-order valence-electron chi connectivity index (χ0n) is 21.3. The highest BCUT2D eigenvalue weighted by Crippen LogP contribution is 2.60. The molecule has 1 aliphatic carbocycles. The fourth-order valence-electron chi connectivity index (χ4n) is 6.35. The van der Waals surface area contributed by atoms with Crippen LogP contribution in [0.5, 0.6) is 11.5 Å². The number of benzene rings is 6. The van der Waals surface area contributed by atoms with Crippen molar-refractivity contribution in [1.29, 1.82) is 0 Å². The van der Waals surface area contributed by atoms with Crippen molar-refractivity contribution in [3.63, 3.8) is 0 Å². The van der Waals surface area contributed by atoms with Crippen LogP contribution in [0.25, 0.3) is 33.4 Å². The SMILES string of the molecule is Oc1ccc(C2(c3ccc(O)cc3)c3ccccc3-c3ccc(-c4ccccc4)c(-c4ccccc4)c32)cc1. The lowest BCUT2D eigenvalue weighted by Crippen LogP contribution is -2.29. The normalized spacial score (nSPS) is 13.0. The molecule has 0 amide bonds. The van der Waals surface area contributed by atoms with Gasteiger partial charge < -0.3 is 10.2 Å². The van der Waals surface area contributed by atoms with E-state index in [0.717, 1.165) is 27.8 Å². The second-order valence-corrected chi connectivity index (χ2v) is 10.0. The Balaban J connectivity index is 1.71. The molecule has 0 bridgehead atoms. The molecule has 6 aromatic rings. The predicted molar refractivity (Wildman–Crippen MR) is 158 cm³/mol. The van der Waals surface area contributed by atoms with Gasteiger partial charge in [-0.2, -0.15) is 0 Å². The fourth-order valence-corrected chi connectivity index (χ4v) is 6.35. The van der Waals surface area contributed by atoms with Gasteiger partial charge in [0.25, 0.3) is 0 Å². The Morgan fingerprint density at radius 1 is 0.385 bits per heavy atom. The molecule has 6 aromatic carbocycles. The van der Waals surface area contributed by atoms with Crippen LogP contribution in [0.15, 0.2) is 146 Å². The molecule has 0 radical (unpaired) electrons. The summed E-state index contributed by atoms with van der Waals surface area (Å²) in [5.41, 5.74) is 10.8. The van der Waals surface area contributed by atoms with E-state index in [-0.39, 0.29) is 11.5 Å². The maximum Gasteiger partial charge on any atom is 0.115 e. The third kappa shape index (κ3) is 3.49. The summed E-state index contributed by atoms with van der Waals surface area (Å²) >= 11 is 0. The lowest BCUT2D eigenvalue weighted by molar-refractivity contribution is 0.475. The lowest BCUT2D eigenvalue weighted by Gasteiger charge is -2.36. The predicted octanol–water partition coefficient (Wildman–Crippen LogP) is 8.79. The van der Waals surface area contributed by atoms with Crippen molar-refractivity contribution in [1.82, 2.24) is 0 Å². The quantitative estimate of drug-likeness (QED) is 0.252. The van der Waals surface area contributed by atoms with Crippen LogP contribution < -0.4 is 0 Å². The zero-order chi connectivity index (χ0) is 26.4. The molecule has 39 heavy (non-hydrogen) atoms. The van der Waals surface area contributed by atoms with E-state index in [2.05, 4.69) is 91.0 Å². The van der Waals surface area contributed by atoms with Crippen LogP contribution in [0.2, 0.25) is 0 Å². The number of phenolic OH excluding ortho intramolecular Hbond substituents is 2. The topological polar surface area (TPSA) is 40.5 Å². The summed E-state index contributed by atoms with van der Waals surface area (Å²) in [6.07, 6.45) is 0. The van der Waals surface area contributed by atoms with Gasteiger partial charge in [-0.15, -0.1) is 0 Å². The first kappa shape index (κ1) is 23.1. The third-order valence-electron chi connectivity index (χ3n) is 7.95. The molecule has 0 aliphatic heterocycles. The van der Waals surface area contributed by atoms with Crippen molar-refractivity contribution in [2.24, 2.45) is 0 Å². The molecule has 0 aromatic heterocycles. The largest absolute Gasteiger partial charge is 0.508 e. The first-order chi connectivity index (χ1) is 19.2. The van der Waals surface area contributed by atoms with Gasteiger partial charge in [-0.25, -0.2) is 0 Å². The number of hydrogen-bond acceptors (Lipinski definition) is 2. The zero-order valence-corrected chi connectivity index (χ0v) is 21.3. The minimum absolute atomic E-state index is 0.229. The van der Waals surface area contributed by atoms with E-state index in [1.807, 2.05) is 30.3 Å². The van der Waals surface area contributed by atoms with Gasteiger partial charge in [-0.05, 0) is 79.9 Å². The highest BCUT2D eigenvalue weighted by atomic mass is 16.3. The molecule has 2 nitrogen and oxygen atoms in total. The average Bonchev–Trinajstić information content (AvgIpc) is 3.30. The molecule has 2 N–H and O–H groups in total. The first-order valence-corrected chi connectivity index (χ1v) is 13.1. The van der Waals surface area contributed by atoms with Crippen LogP contribution in [-0.2, 0) is 5.41 Å². The molecule has 7 rings (SSSR count). The summed E-state index contributed by atoms with van der Waals surface area (Å²) in [5.74, 6) is 0.458. The van der Waals surface area contributed by atoms with E-state index >= 15 is 0 Å². The van der Waals surface area contributed by atoms with Gasteiger partial charge in [0.15, 0.2) is 0 Å². The molecule has 0 unspecified atom stereocenters. The Bertz CT molecular complexity index is 1740. The minimum Gasteiger partial charge on any atom is -0.508 e. The molecule has 0 heterocycles. The van der Waals surface area contributed by atoms with Crippen molar-refractivity contribution >= 4 is 0 Å². The highest BCUT2D eigenvalue weighted by Gasteiger charge is 2.48. The third-order valence-corrected chi connectivity index (χ3v) is 7.95. The number of phenols is 2. The van der Waals surface area contributed by atoms with Crippen molar-refractivity contribution in [2.75, 3.05) is 0 Å². The Morgan fingerprint density at radius 3 is 1.46 bits per heavy atom. The van der Waals surface area contributed by atoms with Crippen molar-refractivity contribution < 1.29 is 10.2 Å². The summed E-state index contributed by atoms with van der Waals surface area (Å²) in [4.78, 5) is 0. The summed E-state index contributed by atoms with van der Waals surface area (Å²) in [5, 5.41) is 20.5. The molecular weight excluding hydrogens is 476 g/mol. The molecular formula is C37H26O2. The molecule has 0 atom stereocenters. The van der Waals surface area contributed by atoms with E-state index in [1.54, 1.807) is 24.3 Å². The van der Waals surface area contributed by atoms with Crippen LogP contribution in [0.1, 0.15) is 22.3 Å². The second-order valence-electron chi connectivity index (χ2n) is 10.0. The first-order valence-electron chi connectivity index (χ1n) is 13.1. The maximum atomic E-state index is 10.3. The Labute approximate surface area is 228 Å². The minimum atomic E-state index is -0.677. The van der Waals surface area contributed by atoms with Gasteiger partial charge in [-0.3, -0.25) is 0 Å². The van der Waals surface area contributed by atoms with Crippen molar-refractivity contribution in [2.45, 2.75) is 5.41 Å². The van der Waals surface area contributed by atoms with E-state index in [0.29, 0.717) is 0 Å². The van der Waals surface area contributed by atoms with Gasteiger partial charge in [0.1, 0.15) is 11.5 Å². The average molecular weight is 503 g/mol. The van der Waals surface area contributed by atoms with Crippen LogP contribution in [0, 0.1) is 0 Å². The Hall–Kier alpha value is -5.08. The van der Waals surface area contributed by atoms with E-state index < -0.39 is 5.41 Å². The van der Waals surface area contributed by atoms with Crippen LogP contribution in [0.3, 0.4) is 0 Å². The molecule has 2 heteroatoms. The van der Waals surface area contributed by atoms with Gasteiger partial charge in [-0.1, -0.05) is 121 Å². The van der Waals surface area contributed by atoms with Crippen molar-refractivity contribution in [3.05, 3.63) is 168 Å². The molecule has 0 fully saturated rings. The summed E-state index contributed by atoms with van der Waals surface area (Å²) in [6, 6.07) is 49.4. The fraction of sp³-hybridized carbons (Fsp3) is 0.0270. The monoisotopic (exact) mass is 502 g/mol. The molecule has 0 saturated carbocycles. The smallest absolute Gasteiger partial charge is 0.115 e. The maximum absolute atomic E-state index is 10.3. The molecule has 186 valence electrons. The number of rotatable bonds is 4. The standard InChI is InChI=1S/C37H26O2/c38-29-19-15-27(16-20-29)37(28-17-21-30(39)22-18-28)34-14-8-7-13-32(34)33-24-23-31(25-9-3-1-4-10-25)35(36(33)37)26-11-5-2-6-12-26/h1-24,38-39H. The summed E-state index contributed by atoms with van der Waals surface area (Å²) in [6.45, 7) is 0. The van der Waals surface area contributed by atoms with Crippen molar-refractivity contribution in [3.8, 4) is 44.9 Å². The van der Waals surface area contributed by atoms with E-state index in [9.17, 15) is 10.2 Å². The van der Waals surface area contributed by atoms with Gasteiger partial charge in [0.05, 0.1) is 5.41 Å². The summed E-state index contributed by atoms with van der Waals surface area (Å²) < 4.78 is 0. The van der Waals surface area contributed by atoms with Gasteiger partial charge >= 0.3 is 0 Å². The number of aromatic hydroxyl groups is 2. The van der Waals surface area contributed by atoms with Crippen LogP contribution >= 0.6 is 0 Å². The second kappa shape index (κ2) is 9.04. The van der Waals surface area contributed by atoms with E-state index in [4.69, 9.17) is 0 Å². The van der Waals surface area contributed by atoms with E-state index in [1.165, 1.54) is 27.8 Å². The Morgan fingerprint density at radius 2 is 0.872 bits per heavy atom. The lowest BCUT2D eigenvalue weighted by atomic mass is 9.65. The highest BCUT2D eigenvalue weighted by molar-refractivity contribution is 5.98. The molecule has 1 aliphatic rings. The summed E-state index contributed by atoms with van der Waals surface area (Å²) in [7, 11) is 0. The molecule has 0 spiro atoms. The Kier molecular flexibility index (Phi) is 5.35. The van der Waals surface area contributed by atoms with Gasteiger partial charge in [0, 0.05) is 0 Å². The van der Waals surface area contributed by atoms with Gasteiger partial charge in [0.2, 0.25) is 0 Å². The number of fused-ring (bicyclic) bond motifs is 3. The van der Waals surface area contributed by atoms with Crippen LogP contribution in [0.4, 0.5) is 0 Å². The number of hydrogen-bond donors (Lipinski definition) is 2. The van der Waals surface area contributed by atoms with Crippen LogP contribution in [-0.4, -0.2) is 10.2 Å².